The van der Waals surface area contributed by atoms with Gasteiger partial charge in [0.1, 0.15) is 0 Å². The van der Waals surface area contributed by atoms with Gasteiger partial charge in [0.15, 0.2) is 0 Å². The Kier molecular flexibility index (Phi) is 6.28. The molecule has 0 spiro atoms. The molecule has 0 radical (unpaired) electrons. The summed E-state index contributed by atoms with van der Waals surface area (Å²) < 4.78 is 9.34. The average Bonchev–Trinajstić information content (AvgIpc) is 2.39. The fourth-order valence-corrected chi connectivity index (χ4v) is 1.82. The third-order valence-corrected chi connectivity index (χ3v) is 2.93. The fourth-order valence-electron chi connectivity index (χ4n) is 1.34. The second kappa shape index (κ2) is 7.76. The first-order chi connectivity index (χ1) is 8.67. The summed E-state index contributed by atoms with van der Waals surface area (Å²) in [6, 6.07) is 7.95. The van der Waals surface area contributed by atoms with Crippen LogP contribution in [0.15, 0.2) is 29.2 Å². The van der Waals surface area contributed by atoms with Gasteiger partial charge in [-0.1, -0.05) is 12.1 Å². The number of hydrogen-bond acceptors (Lipinski definition) is 5. The second-order valence-corrected chi connectivity index (χ2v) is 4.34. The van der Waals surface area contributed by atoms with Gasteiger partial charge in [0.05, 0.1) is 13.2 Å². The summed E-state index contributed by atoms with van der Waals surface area (Å²) in [7, 11) is 0. The number of carbonyl (C=O) groups is 2. The van der Waals surface area contributed by atoms with Gasteiger partial charge in [-0.15, -0.1) is 11.8 Å². The van der Waals surface area contributed by atoms with Crippen LogP contribution in [0.5, 0.6) is 0 Å². The number of carbonyl (C=O) groups excluding carboxylic acids is 2. The van der Waals surface area contributed by atoms with Crippen LogP contribution in [-0.4, -0.2) is 31.4 Å². The van der Waals surface area contributed by atoms with Crippen molar-refractivity contribution in [2.75, 3.05) is 19.5 Å². The third-order valence-electron chi connectivity index (χ3n) is 2.20. The Morgan fingerprint density at radius 3 is 2.61 bits per heavy atom. The van der Waals surface area contributed by atoms with Gasteiger partial charge in [-0.2, -0.15) is 0 Å². The summed E-state index contributed by atoms with van der Waals surface area (Å²) in [6.45, 7) is 1.98. The molecule has 1 aromatic rings. The Morgan fingerprint density at radius 2 is 1.94 bits per heavy atom. The van der Waals surface area contributed by atoms with E-state index in [2.05, 4.69) is 4.74 Å². The van der Waals surface area contributed by atoms with E-state index in [0.717, 1.165) is 10.5 Å². The van der Waals surface area contributed by atoms with Gasteiger partial charge in [0, 0.05) is 11.3 Å². The molecule has 0 fully saturated rings. The highest BCUT2D eigenvalue weighted by Crippen LogP contribution is 2.16. The minimum atomic E-state index is -0.935. The van der Waals surface area contributed by atoms with E-state index in [4.69, 9.17) is 4.74 Å². The zero-order chi connectivity index (χ0) is 13.4. The Morgan fingerprint density at radius 1 is 1.22 bits per heavy atom. The average molecular weight is 268 g/mol. The zero-order valence-electron chi connectivity index (χ0n) is 10.5. The topological polar surface area (TPSA) is 52.6 Å². The van der Waals surface area contributed by atoms with Gasteiger partial charge in [-0.25, -0.2) is 9.59 Å². The van der Waals surface area contributed by atoms with E-state index >= 15 is 0 Å². The Balaban J connectivity index is 2.37. The molecule has 0 aromatic heterocycles. The van der Waals surface area contributed by atoms with Crippen molar-refractivity contribution >= 4 is 23.7 Å². The molecule has 0 bridgehead atoms. The van der Waals surface area contributed by atoms with Crippen molar-refractivity contribution in [2.45, 2.75) is 18.2 Å². The van der Waals surface area contributed by atoms with Crippen molar-refractivity contribution in [2.24, 2.45) is 0 Å². The van der Waals surface area contributed by atoms with Crippen LogP contribution in [0.4, 0.5) is 0 Å². The zero-order valence-corrected chi connectivity index (χ0v) is 11.3. The lowest BCUT2D eigenvalue weighted by atomic mass is 10.2. The molecule has 0 atom stereocenters. The van der Waals surface area contributed by atoms with E-state index in [1.165, 1.54) is 0 Å². The highest BCUT2D eigenvalue weighted by molar-refractivity contribution is 7.98. The molecule has 0 unspecified atom stereocenters. The van der Waals surface area contributed by atoms with Crippen LogP contribution in [0.25, 0.3) is 0 Å². The summed E-state index contributed by atoms with van der Waals surface area (Å²) in [5.41, 5.74) is 1.07. The van der Waals surface area contributed by atoms with E-state index in [1.54, 1.807) is 18.7 Å². The Bertz CT molecular complexity index is 417. The number of hydrogen-bond donors (Lipinski definition) is 0. The molecule has 5 heteroatoms. The van der Waals surface area contributed by atoms with Crippen LogP contribution in [0.3, 0.4) is 0 Å². The van der Waals surface area contributed by atoms with Crippen molar-refractivity contribution in [3.05, 3.63) is 29.8 Å². The molecule has 98 valence electrons. The van der Waals surface area contributed by atoms with Crippen LogP contribution in [-0.2, 0) is 25.5 Å². The number of thioether (sulfide) groups is 1. The first-order valence-corrected chi connectivity index (χ1v) is 6.86. The second-order valence-electron chi connectivity index (χ2n) is 3.46. The molecule has 0 heterocycles. The first kappa shape index (κ1) is 14.6. The quantitative estimate of drug-likeness (QED) is 0.465. The molecule has 0 aliphatic carbocycles. The van der Waals surface area contributed by atoms with Crippen LogP contribution in [0.1, 0.15) is 12.5 Å². The summed E-state index contributed by atoms with van der Waals surface area (Å²) in [6.07, 6.45) is 2.58. The molecule has 0 saturated carbocycles. The maximum Gasteiger partial charge on any atom is 0.417 e. The number of benzene rings is 1. The van der Waals surface area contributed by atoms with E-state index in [9.17, 15) is 9.59 Å². The molecule has 0 aliphatic rings. The summed E-state index contributed by atoms with van der Waals surface area (Å²) in [5.74, 6) is -1.87. The summed E-state index contributed by atoms with van der Waals surface area (Å²) in [5, 5.41) is 0. The molecule has 0 saturated heterocycles. The van der Waals surface area contributed by atoms with Crippen LogP contribution in [0, 0.1) is 0 Å². The lowest BCUT2D eigenvalue weighted by Crippen LogP contribution is -2.21. The van der Waals surface area contributed by atoms with Crippen LogP contribution in [0.2, 0.25) is 0 Å². The third kappa shape index (κ3) is 4.79. The monoisotopic (exact) mass is 268 g/mol. The smallest absolute Gasteiger partial charge is 0.417 e. The van der Waals surface area contributed by atoms with E-state index in [0.29, 0.717) is 6.42 Å². The lowest BCUT2D eigenvalue weighted by Gasteiger charge is -2.05. The Labute approximate surface area is 111 Å². The molecular weight excluding hydrogens is 252 g/mol. The van der Waals surface area contributed by atoms with Crippen molar-refractivity contribution in [3.63, 3.8) is 0 Å². The maximum atomic E-state index is 11.1. The molecular formula is C13H16O4S. The predicted molar refractivity (Wildman–Crippen MR) is 69.5 cm³/mol. The fraction of sp³-hybridized carbons (Fsp3) is 0.385. The normalized spacial score (nSPS) is 9.89. The molecule has 1 rings (SSSR count). The predicted octanol–water partition coefficient (Wildman–Crippen LogP) is 2.06. The van der Waals surface area contributed by atoms with Gasteiger partial charge in [0.25, 0.3) is 0 Å². The van der Waals surface area contributed by atoms with Gasteiger partial charge >= 0.3 is 11.9 Å². The number of ether oxygens (including phenoxy) is 2. The summed E-state index contributed by atoms with van der Waals surface area (Å²) in [4.78, 5) is 23.3. The van der Waals surface area contributed by atoms with E-state index in [1.807, 2.05) is 30.5 Å². The summed E-state index contributed by atoms with van der Waals surface area (Å²) >= 11 is 1.65. The molecule has 0 amide bonds. The van der Waals surface area contributed by atoms with Crippen molar-refractivity contribution in [1.82, 2.24) is 0 Å². The lowest BCUT2D eigenvalue weighted by molar-refractivity contribution is -0.167. The van der Waals surface area contributed by atoms with Gasteiger partial charge in [0.2, 0.25) is 0 Å². The van der Waals surface area contributed by atoms with Crippen LogP contribution < -0.4 is 0 Å². The molecule has 0 N–H and O–H groups in total. The van der Waals surface area contributed by atoms with Gasteiger partial charge < -0.3 is 9.47 Å². The first-order valence-electron chi connectivity index (χ1n) is 5.64. The maximum absolute atomic E-state index is 11.1. The van der Waals surface area contributed by atoms with Gasteiger partial charge in [-0.3, -0.25) is 0 Å². The molecule has 4 nitrogen and oxygen atoms in total. The van der Waals surface area contributed by atoms with Crippen molar-refractivity contribution < 1.29 is 19.1 Å². The van der Waals surface area contributed by atoms with E-state index < -0.39 is 11.9 Å². The SMILES string of the molecule is CCOC(=O)C(=O)OCCc1cccc(SC)c1. The van der Waals surface area contributed by atoms with E-state index in [-0.39, 0.29) is 13.2 Å². The van der Waals surface area contributed by atoms with Crippen LogP contribution >= 0.6 is 11.8 Å². The molecule has 1 aromatic carbocycles. The molecule has 18 heavy (non-hydrogen) atoms. The minimum Gasteiger partial charge on any atom is -0.458 e. The highest BCUT2D eigenvalue weighted by atomic mass is 32.2. The Hall–Kier alpha value is -1.49. The van der Waals surface area contributed by atoms with Gasteiger partial charge in [-0.05, 0) is 30.9 Å². The highest BCUT2D eigenvalue weighted by Gasteiger charge is 2.15. The largest absolute Gasteiger partial charge is 0.458 e. The van der Waals surface area contributed by atoms with Crippen molar-refractivity contribution in [3.8, 4) is 0 Å². The standard InChI is InChI=1S/C13H16O4S/c1-3-16-12(14)13(15)17-8-7-10-5-4-6-11(9-10)18-2/h4-6,9H,3,7-8H2,1-2H3. The van der Waals surface area contributed by atoms with Crippen molar-refractivity contribution in [1.29, 1.82) is 0 Å². The molecule has 0 aliphatic heterocycles. The number of esters is 2. The number of rotatable bonds is 5. The minimum absolute atomic E-state index is 0.170.